The predicted molar refractivity (Wildman–Crippen MR) is 77.3 cm³/mol. The molecule has 1 aromatic rings. The van der Waals surface area contributed by atoms with E-state index in [0.717, 1.165) is 12.2 Å². The number of benzene rings is 1. The van der Waals surface area contributed by atoms with Crippen molar-refractivity contribution in [1.29, 1.82) is 0 Å². The number of aliphatic carboxylic acids is 2. The third-order valence-electron chi connectivity index (χ3n) is 2.20. The third-order valence-corrected chi connectivity index (χ3v) is 2.20. The molecule has 0 saturated heterocycles. The first-order valence-corrected chi connectivity index (χ1v) is 5.91. The Kier molecular flexibility index (Phi) is 6.05. The highest BCUT2D eigenvalue weighted by atomic mass is 16.4. The first-order valence-electron chi connectivity index (χ1n) is 5.91. The van der Waals surface area contributed by atoms with Gasteiger partial charge in [-0.3, -0.25) is 9.59 Å². The number of amides is 2. The average Bonchev–Trinajstić information content (AvgIpc) is 2.45. The molecule has 114 valence electrons. The third kappa shape index (κ3) is 6.15. The molecular formula is C14H12N2O6. The van der Waals surface area contributed by atoms with Crippen molar-refractivity contribution >= 4 is 35.1 Å². The highest BCUT2D eigenvalue weighted by Gasteiger charge is 2.07. The number of anilines is 2. The second kappa shape index (κ2) is 8.00. The van der Waals surface area contributed by atoms with Gasteiger partial charge in [0.15, 0.2) is 0 Å². The maximum atomic E-state index is 11.5. The van der Waals surface area contributed by atoms with Gasteiger partial charge >= 0.3 is 11.9 Å². The molecule has 0 aliphatic carbocycles. The molecule has 0 spiro atoms. The van der Waals surface area contributed by atoms with Crippen molar-refractivity contribution in [3.63, 3.8) is 0 Å². The van der Waals surface area contributed by atoms with Gasteiger partial charge in [0.05, 0.1) is 11.4 Å². The molecule has 1 rings (SSSR count). The van der Waals surface area contributed by atoms with E-state index in [9.17, 15) is 19.2 Å². The van der Waals surface area contributed by atoms with Gasteiger partial charge < -0.3 is 20.8 Å². The Morgan fingerprint density at radius 2 is 1.09 bits per heavy atom. The van der Waals surface area contributed by atoms with Crippen LogP contribution in [0.3, 0.4) is 0 Å². The molecule has 0 bridgehead atoms. The maximum Gasteiger partial charge on any atom is 0.328 e. The molecule has 8 heteroatoms. The summed E-state index contributed by atoms with van der Waals surface area (Å²) in [4.78, 5) is 43.6. The zero-order valence-electron chi connectivity index (χ0n) is 11.1. The Hall–Kier alpha value is -3.42. The van der Waals surface area contributed by atoms with E-state index in [2.05, 4.69) is 10.6 Å². The van der Waals surface area contributed by atoms with Crippen LogP contribution in [0.15, 0.2) is 48.6 Å². The van der Waals surface area contributed by atoms with Crippen LogP contribution in [0.2, 0.25) is 0 Å². The highest BCUT2D eigenvalue weighted by molar-refractivity contribution is 6.07. The van der Waals surface area contributed by atoms with Crippen molar-refractivity contribution < 1.29 is 29.4 Å². The molecule has 0 aromatic heterocycles. The maximum absolute atomic E-state index is 11.5. The van der Waals surface area contributed by atoms with E-state index >= 15 is 0 Å². The van der Waals surface area contributed by atoms with E-state index < -0.39 is 23.8 Å². The van der Waals surface area contributed by atoms with Crippen LogP contribution < -0.4 is 10.6 Å². The Morgan fingerprint density at radius 3 is 1.41 bits per heavy atom. The number of rotatable bonds is 6. The predicted octanol–water partition coefficient (Wildman–Crippen LogP) is 0.845. The summed E-state index contributed by atoms with van der Waals surface area (Å²) in [5.41, 5.74) is 0.472. The lowest BCUT2D eigenvalue weighted by molar-refractivity contribution is -0.132. The number of hydrogen-bond donors (Lipinski definition) is 4. The van der Waals surface area contributed by atoms with Gasteiger partial charge in [-0.05, 0) is 12.1 Å². The molecule has 0 atom stereocenters. The van der Waals surface area contributed by atoms with E-state index in [-0.39, 0.29) is 11.4 Å². The topological polar surface area (TPSA) is 133 Å². The van der Waals surface area contributed by atoms with Gasteiger partial charge in [-0.1, -0.05) is 12.1 Å². The Bertz CT molecular complexity index is 606. The molecule has 0 unspecified atom stereocenters. The largest absolute Gasteiger partial charge is 0.478 e. The summed E-state index contributed by atoms with van der Waals surface area (Å²) in [7, 11) is 0. The molecule has 0 saturated carbocycles. The van der Waals surface area contributed by atoms with Crippen LogP contribution in [0.1, 0.15) is 0 Å². The van der Waals surface area contributed by atoms with Crippen LogP contribution in [-0.4, -0.2) is 34.0 Å². The smallest absolute Gasteiger partial charge is 0.328 e. The number of para-hydroxylation sites is 2. The fourth-order valence-electron chi connectivity index (χ4n) is 1.34. The van der Waals surface area contributed by atoms with Gasteiger partial charge in [-0.15, -0.1) is 0 Å². The first kappa shape index (κ1) is 16.6. The van der Waals surface area contributed by atoms with Gasteiger partial charge in [0.1, 0.15) is 0 Å². The van der Waals surface area contributed by atoms with Crippen molar-refractivity contribution in [2.24, 2.45) is 0 Å². The van der Waals surface area contributed by atoms with Gasteiger partial charge in [0.25, 0.3) is 0 Å². The number of hydrogen-bond acceptors (Lipinski definition) is 4. The molecule has 0 aliphatic rings. The van der Waals surface area contributed by atoms with Crippen LogP contribution >= 0.6 is 0 Å². The van der Waals surface area contributed by atoms with Crippen LogP contribution in [0.5, 0.6) is 0 Å². The average molecular weight is 304 g/mol. The number of carboxylic acids is 2. The second-order valence-corrected chi connectivity index (χ2v) is 3.87. The highest BCUT2D eigenvalue weighted by Crippen LogP contribution is 2.20. The van der Waals surface area contributed by atoms with E-state index in [1.807, 2.05) is 0 Å². The summed E-state index contributed by atoms with van der Waals surface area (Å²) in [6.07, 6.45) is 2.99. The summed E-state index contributed by atoms with van der Waals surface area (Å²) >= 11 is 0. The zero-order valence-corrected chi connectivity index (χ0v) is 11.1. The monoisotopic (exact) mass is 304 g/mol. The van der Waals surface area contributed by atoms with E-state index in [4.69, 9.17) is 10.2 Å². The number of carbonyl (C=O) groups excluding carboxylic acids is 2. The number of nitrogens with one attached hydrogen (secondary N) is 2. The molecule has 0 fully saturated rings. The fourth-order valence-corrected chi connectivity index (χ4v) is 1.34. The Balaban J connectivity index is 2.81. The minimum atomic E-state index is -1.27. The zero-order chi connectivity index (χ0) is 16.5. The standard InChI is InChI=1S/C14H12N2O6/c17-11(5-7-13(19)20)15-9-3-1-2-4-10(9)16-12(18)6-8-14(21)22/h1-8H,(H,15,17)(H,16,18)(H,19,20)(H,21,22). The lowest BCUT2D eigenvalue weighted by Gasteiger charge is -2.09. The van der Waals surface area contributed by atoms with Crippen molar-refractivity contribution in [1.82, 2.24) is 0 Å². The normalized spacial score (nSPS) is 10.5. The fraction of sp³-hybridized carbons (Fsp3) is 0. The molecule has 1 aromatic carbocycles. The van der Waals surface area contributed by atoms with Crippen LogP contribution in [0.25, 0.3) is 0 Å². The molecule has 0 radical (unpaired) electrons. The lowest BCUT2D eigenvalue weighted by atomic mass is 10.2. The van der Waals surface area contributed by atoms with Crippen LogP contribution in [0.4, 0.5) is 11.4 Å². The SMILES string of the molecule is O=C(O)C=CC(=O)Nc1ccccc1NC(=O)C=CC(=O)O. The molecule has 4 N–H and O–H groups in total. The Labute approximate surface area is 124 Å². The molecular weight excluding hydrogens is 292 g/mol. The van der Waals surface area contributed by atoms with Crippen LogP contribution in [0, 0.1) is 0 Å². The van der Waals surface area contributed by atoms with E-state index in [1.54, 1.807) is 12.1 Å². The van der Waals surface area contributed by atoms with Crippen molar-refractivity contribution in [2.75, 3.05) is 10.6 Å². The van der Waals surface area contributed by atoms with Crippen molar-refractivity contribution in [2.45, 2.75) is 0 Å². The summed E-state index contributed by atoms with van der Waals surface area (Å²) in [6.45, 7) is 0. The molecule has 2 amide bonds. The molecule has 8 nitrogen and oxygen atoms in total. The summed E-state index contributed by atoms with van der Waals surface area (Å²) in [5.74, 6) is -3.92. The quantitative estimate of drug-likeness (QED) is 0.576. The van der Waals surface area contributed by atoms with Gasteiger partial charge in [0, 0.05) is 24.3 Å². The second-order valence-electron chi connectivity index (χ2n) is 3.87. The van der Waals surface area contributed by atoms with Crippen LogP contribution in [-0.2, 0) is 19.2 Å². The van der Waals surface area contributed by atoms with Gasteiger partial charge in [-0.2, -0.15) is 0 Å². The minimum Gasteiger partial charge on any atom is -0.478 e. The lowest BCUT2D eigenvalue weighted by Crippen LogP contribution is -2.14. The van der Waals surface area contributed by atoms with E-state index in [0.29, 0.717) is 12.2 Å². The van der Waals surface area contributed by atoms with Gasteiger partial charge in [-0.25, -0.2) is 9.59 Å². The molecule has 0 aliphatic heterocycles. The number of carbonyl (C=O) groups is 4. The van der Waals surface area contributed by atoms with Gasteiger partial charge in [0.2, 0.25) is 11.8 Å². The summed E-state index contributed by atoms with van der Waals surface area (Å²) in [6, 6.07) is 6.17. The van der Waals surface area contributed by atoms with E-state index in [1.165, 1.54) is 12.1 Å². The Morgan fingerprint density at radius 1 is 0.727 bits per heavy atom. The van der Waals surface area contributed by atoms with Crippen molar-refractivity contribution in [3.05, 3.63) is 48.6 Å². The summed E-state index contributed by atoms with van der Waals surface area (Å²) in [5, 5.41) is 21.6. The summed E-state index contributed by atoms with van der Waals surface area (Å²) < 4.78 is 0. The number of carboxylic acid groups (broad SMARTS) is 2. The van der Waals surface area contributed by atoms with Crippen molar-refractivity contribution in [3.8, 4) is 0 Å². The minimum absolute atomic E-state index is 0.236. The molecule has 0 heterocycles. The first-order chi connectivity index (χ1) is 10.4. The molecule has 22 heavy (non-hydrogen) atoms.